The molecule has 0 saturated heterocycles. The smallest absolute Gasteiger partial charge is 0.337 e. The van der Waals surface area contributed by atoms with Gasteiger partial charge in [0.15, 0.2) is 0 Å². The highest BCUT2D eigenvalue weighted by atomic mass is 16.5. The summed E-state index contributed by atoms with van der Waals surface area (Å²) in [5.41, 5.74) is 5.40. The molecule has 2 rings (SSSR count). The lowest BCUT2D eigenvalue weighted by atomic mass is 9.90. The number of hydrogen-bond donors (Lipinski definition) is 0. The molecule has 0 fully saturated rings. The Morgan fingerprint density at radius 2 is 1.75 bits per heavy atom. The van der Waals surface area contributed by atoms with Crippen LogP contribution in [0.3, 0.4) is 0 Å². The second-order valence-electron chi connectivity index (χ2n) is 5.26. The number of methoxy groups -OCH3 is 1. The Kier molecular flexibility index (Phi) is 4.23. The van der Waals surface area contributed by atoms with Crippen LogP contribution >= 0.6 is 0 Å². The number of carbonyl (C=O) groups excluding carboxylic acids is 1. The Morgan fingerprint density at radius 3 is 2.35 bits per heavy atom. The first-order valence-electron chi connectivity index (χ1n) is 6.83. The number of carbonyl (C=O) groups is 1. The number of esters is 1. The summed E-state index contributed by atoms with van der Waals surface area (Å²) < 4.78 is 4.76. The van der Waals surface area contributed by atoms with E-state index in [9.17, 15) is 4.79 Å². The maximum atomic E-state index is 11.6. The monoisotopic (exact) mass is 268 g/mol. The number of hydrogen-bond acceptors (Lipinski definition) is 2. The molecule has 0 spiro atoms. The largest absolute Gasteiger partial charge is 0.465 e. The van der Waals surface area contributed by atoms with E-state index < -0.39 is 0 Å². The van der Waals surface area contributed by atoms with Crippen LogP contribution in [0.25, 0.3) is 11.1 Å². The standard InChI is InChI=1S/C18H20O2/c1-12(2)15-7-5-6-8-17(15)16-10-9-14(11-13(16)3)18(19)20-4/h5-12H,1-4H3. The zero-order valence-corrected chi connectivity index (χ0v) is 12.4. The lowest BCUT2D eigenvalue weighted by Crippen LogP contribution is -2.02. The van der Waals surface area contributed by atoms with Gasteiger partial charge in [0.1, 0.15) is 0 Å². The van der Waals surface area contributed by atoms with E-state index in [-0.39, 0.29) is 5.97 Å². The van der Waals surface area contributed by atoms with Crippen molar-refractivity contribution in [1.29, 1.82) is 0 Å². The van der Waals surface area contributed by atoms with E-state index in [2.05, 4.69) is 38.1 Å². The third kappa shape index (κ3) is 2.74. The number of ether oxygens (including phenoxy) is 1. The Hall–Kier alpha value is -2.09. The molecule has 0 N–H and O–H groups in total. The van der Waals surface area contributed by atoms with Crippen LogP contribution in [0.15, 0.2) is 42.5 Å². The van der Waals surface area contributed by atoms with E-state index in [1.54, 1.807) is 0 Å². The second kappa shape index (κ2) is 5.91. The number of benzene rings is 2. The van der Waals surface area contributed by atoms with Gasteiger partial charge in [0.05, 0.1) is 12.7 Å². The molecule has 0 aliphatic heterocycles. The maximum Gasteiger partial charge on any atom is 0.337 e. The van der Waals surface area contributed by atoms with E-state index >= 15 is 0 Å². The van der Waals surface area contributed by atoms with E-state index in [4.69, 9.17) is 4.74 Å². The molecule has 0 aliphatic carbocycles. The highest BCUT2D eigenvalue weighted by molar-refractivity contribution is 5.90. The van der Waals surface area contributed by atoms with E-state index in [1.165, 1.54) is 23.8 Å². The van der Waals surface area contributed by atoms with Gasteiger partial charge < -0.3 is 4.74 Å². The molecular weight excluding hydrogens is 248 g/mol. The van der Waals surface area contributed by atoms with Crippen molar-refractivity contribution in [3.63, 3.8) is 0 Å². The molecule has 0 aliphatic rings. The summed E-state index contributed by atoms with van der Waals surface area (Å²) in [4.78, 5) is 11.6. The molecule has 2 nitrogen and oxygen atoms in total. The maximum absolute atomic E-state index is 11.6. The van der Waals surface area contributed by atoms with Gasteiger partial charge in [0.25, 0.3) is 0 Å². The zero-order valence-electron chi connectivity index (χ0n) is 12.4. The fourth-order valence-corrected chi connectivity index (χ4v) is 2.46. The molecule has 2 aromatic rings. The van der Waals surface area contributed by atoms with Gasteiger partial charge in [-0.1, -0.05) is 44.2 Å². The Morgan fingerprint density at radius 1 is 1.05 bits per heavy atom. The molecule has 0 bridgehead atoms. The third-order valence-corrected chi connectivity index (χ3v) is 3.52. The van der Waals surface area contributed by atoms with Crippen LogP contribution < -0.4 is 0 Å². The van der Waals surface area contributed by atoms with Gasteiger partial charge in [-0.2, -0.15) is 0 Å². The zero-order chi connectivity index (χ0) is 14.7. The average Bonchev–Trinajstić information content (AvgIpc) is 2.46. The highest BCUT2D eigenvalue weighted by Crippen LogP contribution is 2.31. The number of aryl methyl sites for hydroxylation is 1. The molecule has 104 valence electrons. The molecule has 2 aromatic carbocycles. The van der Waals surface area contributed by atoms with Gasteiger partial charge in [-0.3, -0.25) is 0 Å². The predicted molar refractivity (Wildman–Crippen MR) is 82.0 cm³/mol. The Bertz CT molecular complexity index is 627. The van der Waals surface area contributed by atoms with Gasteiger partial charge in [-0.15, -0.1) is 0 Å². The quantitative estimate of drug-likeness (QED) is 0.762. The molecule has 0 amide bonds. The van der Waals surface area contributed by atoms with Gasteiger partial charge in [-0.05, 0) is 47.2 Å². The molecule has 0 aromatic heterocycles. The molecule has 0 unspecified atom stereocenters. The second-order valence-corrected chi connectivity index (χ2v) is 5.26. The summed E-state index contributed by atoms with van der Waals surface area (Å²) in [5.74, 6) is 0.169. The molecule has 2 heteroatoms. The summed E-state index contributed by atoms with van der Waals surface area (Å²) in [6, 6.07) is 14.1. The molecule has 0 atom stereocenters. The normalized spacial score (nSPS) is 10.7. The van der Waals surface area contributed by atoms with Gasteiger partial charge in [-0.25, -0.2) is 4.79 Å². The molecule has 0 heterocycles. The van der Waals surface area contributed by atoms with Gasteiger partial charge in [0, 0.05) is 0 Å². The Labute approximate surface area is 120 Å². The SMILES string of the molecule is COC(=O)c1ccc(-c2ccccc2C(C)C)c(C)c1. The van der Waals surface area contributed by atoms with Gasteiger partial charge in [0.2, 0.25) is 0 Å². The average molecular weight is 268 g/mol. The summed E-state index contributed by atoms with van der Waals surface area (Å²) >= 11 is 0. The van der Waals surface area contributed by atoms with Crippen molar-refractivity contribution in [3.05, 3.63) is 59.2 Å². The molecular formula is C18H20O2. The first kappa shape index (κ1) is 14.3. The summed E-state index contributed by atoms with van der Waals surface area (Å²) in [6.45, 7) is 6.41. The van der Waals surface area contributed by atoms with Crippen molar-refractivity contribution >= 4 is 5.97 Å². The minimum atomic E-state index is -0.295. The fraction of sp³-hybridized carbons (Fsp3) is 0.278. The van der Waals surface area contributed by atoms with Crippen LogP contribution in [-0.4, -0.2) is 13.1 Å². The topological polar surface area (TPSA) is 26.3 Å². The van der Waals surface area contributed by atoms with Crippen molar-refractivity contribution in [2.75, 3.05) is 7.11 Å². The summed E-state index contributed by atoms with van der Waals surface area (Å²) in [6.07, 6.45) is 0. The lowest BCUT2D eigenvalue weighted by Gasteiger charge is -2.15. The van der Waals surface area contributed by atoms with Crippen LogP contribution in [-0.2, 0) is 4.74 Å². The third-order valence-electron chi connectivity index (χ3n) is 3.52. The first-order valence-corrected chi connectivity index (χ1v) is 6.83. The molecule has 0 radical (unpaired) electrons. The minimum Gasteiger partial charge on any atom is -0.465 e. The van der Waals surface area contributed by atoms with E-state index in [0.29, 0.717) is 11.5 Å². The van der Waals surface area contributed by atoms with Crippen molar-refractivity contribution in [3.8, 4) is 11.1 Å². The van der Waals surface area contributed by atoms with E-state index in [1.807, 2.05) is 25.1 Å². The van der Waals surface area contributed by atoms with Crippen molar-refractivity contribution < 1.29 is 9.53 Å². The van der Waals surface area contributed by atoms with Crippen molar-refractivity contribution in [1.82, 2.24) is 0 Å². The number of rotatable bonds is 3. The lowest BCUT2D eigenvalue weighted by molar-refractivity contribution is 0.0600. The summed E-state index contributed by atoms with van der Waals surface area (Å²) in [5, 5.41) is 0. The van der Waals surface area contributed by atoms with Crippen molar-refractivity contribution in [2.24, 2.45) is 0 Å². The van der Waals surface area contributed by atoms with Crippen molar-refractivity contribution in [2.45, 2.75) is 26.7 Å². The van der Waals surface area contributed by atoms with Crippen LogP contribution in [0.1, 0.15) is 41.3 Å². The summed E-state index contributed by atoms with van der Waals surface area (Å²) in [7, 11) is 1.40. The van der Waals surface area contributed by atoms with Crippen LogP contribution in [0, 0.1) is 6.92 Å². The van der Waals surface area contributed by atoms with Gasteiger partial charge >= 0.3 is 5.97 Å². The Balaban J connectivity index is 2.52. The molecule has 0 saturated carbocycles. The predicted octanol–water partition coefficient (Wildman–Crippen LogP) is 4.57. The van der Waals surface area contributed by atoms with Crippen LogP contribution in [0.2, 0.25) is 0 Å². The first-order chi connectivity index (χ1) is 9.54. The highest BCUT2D eigenvalue weighted by Gasteiger charge is 2.12. The van der Waals surface area contributed by atoms with Crippen LogP contribution in [0.4, 0.5) is 0 Å². The fourth-order valence-electron chi connectivity index (χ4n) is 2.46. The van der Waals surface area contributed by atoms with E-state index in [0.717, 1.165) is 5.56 Å². The van der Waals surface area contributed by atoms with Crippen LogP contribution in [0.5, 0.6) is 0 Å². The molecule has 20 heavy (non-hydrogen) atoms. The minimum absolute atomic E-state index is 0.295.